The van der Waals surface area contributed by atoms with Crippen molar-refractivity contribution in [3.63, 3.8) is 0 Å². The van der Waals surface area contributed by atoms with Gasteiger partial charge in [-0.2, -0.15) is 0 Å². The number of hydrogen-bond acceptors (Lipinski definition) is 2. The van der Waals surface area contributed by atoms with E-state index in [1.807, 2.05) is 0 Å². The lowest BCUT2D eigenvalue weighted by molar-refractivity contribution is 0.279. The molecule has 0 saturated carbocycles. The lowest BCUT2D eigenvalue weighted by atomic mass is 10.2. The Morgan fingerprint density at radius 1 is 1.05 bits per heavy atom. The maximum Gasteiger partial charge on any atom is 0.148 e. The average Bonchev–Trinajstić information content (AvgIpc) is 2.41. The monoisotopic (exact) mass is 406 g/mol. The summed E-state index contributed by atoms with van der Waals surface area (Å²) in [6.07, 6.45) is 0. The molecule has 0 atom stereocenters. The number of hydrogen-bond donors (Lipinski definition) is 1. The minimum absolute atomic E-state index is 0.0980. The second-order valence-corrected chi connectivity index (χ2v) is 5.78. The Kier molecular flexibility index (Phi) is 5.12. The van der Waals surface area contributed by atoms with Crippen molar-refractivity contribution in [2.75, 3.05) is 0 Å². The van der Waals surface area contributed by atoms with Gasteiger partial charge in [0.25, 0.3) is 0 Å². The van der Waals surface area contributed by atoms with E-state index in [1.165, 1.54) is 0 Å². The maximum atomic E-state index is 13.5. The lowest BCUT2D eigenvalue weighted by Gasteiger charge is -2.12. The molecular formula is C14H10Br2F2O2. The van der Waals surface area contributed by atoms with Crippen LogP contribution in [0.15, 0.2) is 39.3 Å². The van der Waals surface area contributed by atoms with Gasteiger partial charge >= 0.3 is 0 Å². The van der Waals surface area contributed by atoms with E-state index in [0.717, 1.165) is 18.2 Å². The first kappa shape index (κ1) is 15.4. The van der Waals surface area contributed by atoms with E-state index in [0.29, 0.717) is 20.3 Å². The van der Waals surface area contributed by atoms with Crippen LogP contribution in [0.2, 0.25) is 0 Å². The molecule has 2 aromatic rings. The number of benzene rings is 2. The van der Waals surface area contributed by atoms with Crippen molar-refractivity contribution in [2.24, 2.45) is 0 Å². The fraction of sp³-hybridized carbons (Fsp3) is 0.143. The second-order valence-electron chi connectivity index (χ2n) is 4.07. The van der Waals surface area contributed by atoms with E-state index >= 15 is 0 Å². The average molecular weight is 408 g/mol. The van der Waals surface area contributed by atoms with Crippen LogP contribution in [0.25, 0.3) is 0 Å². The highest BCUT2D eigenvalue weighted by Gasteiger charge is 2.11. The molecule has 0 radical (unpaired) electrons. The third-order valence-corrected chi connectivity index (χ3v) is 3.80. The summed E-state index contributed by atoms with van der Waals surface area (Å²) in [5.74, 6) is -0.574. The fourth-order valence-corrected chi connectivity index (χ4v) is 3.16. The molecule has 0 saturated heterocycles. The fourth-order valence-electron chi connectivity index (χ4n) is 1.65. The standard InChI is InChI=1S/C14H10Br2F2O2/c15-11-3-8(6-19)4-12(16)14(11)20-7-9-5-10(17)1-2-13(9)18/h1-5,19H,6-7H2. The van der Waals surface area contributed by atoms with E-state index in [9.17, 15) is 8.78 Å². The van der Waals surface area contributed by atoms with E-state index in [4.69, 9.17) is 9.84 Å². The molecule has 0 bridgehead atoms. The van der Waals surface area contributed by atoms with Gasteiger partial charge in [0, 0.05) is 5.56 Å². The van der Waals surface area contributed by atoms with Crippen LogP contribution in [0.5, 0.6) is 5.75 Å². The Hall–Kier alpha value is -0.980. The number of rotatable bonds is 4. The Morgan fingerprint density at radius 2 is 1.70 bits per heavy atom. The number of ether oxygens (including phenoxy) is 1. The third kappa shape index (κ3) is 3.56. The van der Waals surface area contributed by atoms with Crippen molar-refractivity contribution in [1.29, 1.82) is 0 Å². The number of aliphatic hydroxyl groups is 1. The number of halogens is 4. The molecule has 2 rings (SSSR count). The number of aliphatic hydroxyl groups excluding tert-OH is 1. The molecule has 0 aliphatic rings. The molecule has 0 unspecified atom stereocenters. The first-order chi connectivity index (χ1) is 9.51. The minimum Gasteiger partial charge on any atom is -0.486 e. The van der Waals surface area contributed by atoms with Crippen LogP contribution in [0.1, 0.15) is 11.1 Å². The second kappa shape index (κ2) is 6.65. The summed E-state index contributed by atoms with van der Waals surface area (Å²) in [5.41, 5.74) is 0.836. The quantitative estimate of drug-likeness (QED) is 0.804. The van der Waals surface area contributed by atoms with E-state index < -0.39 is 11.6 Å². The van der Waals surface area contributed by atoms with Gasteiger partial charge in [-0.3, -0.25) is 0 Å². The zero-order chi connectivity index (χ0) is 14.7. The Labute approximate surface area is 131 Å². The van der Waals surface area contributed by atoms with Gasteiger partial charge in [-0.05, 0) is 67.8 Å². The topological polar surface area (TPSA) is 29.5 Å². The molecule has 0 heterocycles. The van der Waals surface area contributed by atoms with Gasteiger partial charge in [0.1, 0.15) is 24.0 Å². The van der Waals surface area contributed by atoms with Crippen LogP contribution in [0.3, 0.4) is 0 Å². The zero-order valence-corrected chi connectivity index (χ0v) is 13.3. The molecule has 0 spiro atoms. The van der Waals surface area contributed by atoms with Crippen molar-refractivity contribution >= 4 is 31.9 Å². The van der Waals surface area contributed by atoms with Crippen molar-refractivity contribution in [3.05, 3.63) is 62.0 Å². The predicted molar refractivity (Wildman–Crippen MR) is 78.5 cm³/mol. The molecule has 20 heavy (non-hydrogen) atoms. The highest BCUT2D eigenvalue weighted by atomic mass is 79.9. The van der Waals surface area contributed by atoms with Crippen molar-refractivity contribution < 1.29 is 18.6 Å². The zero-order valence-electron chi connectivity index (χ0n) is 10.2. The Balaban J connectivity index is 2.21. The van der Waals surface area contributed by atoms with Crippen LogP contribution < -0.4 is 4.74 Å². The Morgan fingerprint density at radius 3 is 2.30 bits per heavy atom. The van der Waals surface area contributed by atoms with Crippen LogP contribution in [0, 0.1) is 11.6 Å². The van der Waals surface area contributed by atoms with Gasteiger partial charge in [-0.15, -0.1) is 0 Å². The van der Waals surface area contributed by atoms with Crippen LogP contribution in [-0.4, -0.2) is 5.11 Å². The van der Waals surface area contributed by atoms with Crippen molar-refractivity contribution in [2.45, 2.75) is 13.2 Å². The smallest absolute Gasteiger partial charge is 0.148 e. The summed E-state index contributed by atoms with van der Waals surface area (Å²) in [6.45, 7) is -0.199. The molecule has 2 aromatic carbocycles. The highest BCUT2D eigenvalue weighted by Crippen LogP contribution is 2.35. The van der Waals surface area contributed by atoms with Crippen molar-refractivity contribution in [1.82, 2.24) is 0 Å². The van der Waals surface area contributed by atoms with Crippen LogP contribution in [-0.2, 0) is 13.2 Å². The summed E-state index contributed by atoms with van der Waals surface area (Å²) in [5, 5.41) is 9.08. The van der Waals surface area contributed by atoms with E-state index in [-0.39, 0.29) is 18.8 Å². The molecule has 0 fully saturated rings. The van der Waals surface area contributed by atoms with Gasteiger partial charge in [0.15, 0.2) is 0 Å². The molecular weight excluding hydrogens is 398 g/mol. The SMILES string of the molecule is OCc1cc(Br)c(OCc2cc(F)ccc2F)c(Br)c1. The van der Waals surface area contributed by atoms with E-state index in [2.05, 4.69) is 31.9 Å². The summed E-state index contributed by atoms with van der Waals surface area (Å²) < 4.78 is 33.3. The highest BCUT2D eigenvalue weighted by molar-refractivity contribution is 9.11. The van der Waals surface area contributed by atoms with Crippen LogP contribution >= 0.6 is 31.9 Å². The Bertz CT molecular complexity index is 610. The van der Waals surface area contributed by atoms with Crippen LogP contribution in [0.4, 0.5) is 8.78 Å². The summed E-state index contributed by atoms with van der Waals surface area (Å²) >= 11 is 6.62. The van der Waals surface area contributed by atoms with Gasteiger partial charge in [0.2, 0.25) is 0 Å². The summed E-state index contributed by atoms with van der Waals surface area (Å²) in [4.78, 5) is 0. The van der Waals surface area contributed by atoms with Crippen molar-refractivity contribution in [3.8, 4) is 5.75 Å². The molecule has 2 nitrogen and oxygen atoms in total. The normalized spacial score (nSPS) is 10.7. The minimum atomic E-state index is -0.523. The predicted octanol–water partition coefficient (Wildman–Crippen LogP) is 4.56. The first-order valence-electron chi connectivity index (χ1n) is 5.66. The molecule has 0 aliphatic carbocycles. The largest absolute Gasteiger partial charge is 0.486 e. The molecule has 0 aliphatic heterocycles. The third-order valence-electron chi connectivity index (χ3n) is 2.62. The molecule has 0 amide bonds. The molecule has 0 aromatic heterocycles. The van der Waals surface area contributed by atoms with Gasteiger partial charge < -0.3 is 9.84 Å². The summed E-state index contributed by atoms with van der Waals surface area (Å²) in [7, 11) is 0. The summed E-state index contributed by atoms with van der Waals surface area (Å²) in [6, 6.07) is 6.61. The molecule has 106 valence electrons. The van der Waals surface area contributed by atoms with Gasteiger partial charge in [-0.25, -0.2) is 8.78 Å². The molecule has 6 heteroatoms. The molecule has 1 N–H and O–H groups in total. The van der Waals surface area contributed by atoms with Gasteiger partial charge in [-0.1, -0.05) is 0 Å². The first-order valence-corrected chi connectivity index (χ1v) is 7.25. The van der Waals surface area contributed by atoms with Gasteiger partial charge in [0.05, 0.1) is 15.6 Å². The lowest BCUT2D eigenvalue weighted by Crippen LogP contribution is -2.01. The maximum absolute atomic E-state index is 13.5. The van der Waals surface area contributed by atoms with E-state index in [1.54, 1.807) is 12.1 Å².